The Balaban J connectivity index is 1.51. The highest BCUT2D eigenvalue weighted by Gasteiger charge is 2.40. The van der Waals surface area contributed by atoms with Gasteiger partial charge in [0, 0.05) is 18.3 Å². The van der Waals surface area contributed by atoms with E-state index in [4.69, 9.17) is 4.42 Å². The summed E-state index contributed by atoms with van der Waals surface area (Å²) >= 11 is 0. The molecule has 2 bridgehead atoms. The molecule has 5 rings (SSSR count). The van der Waals surface area contributed by atoms with Crippen LogP contribution in [0.15, 0.2) is 34.9 Å². The molecule has 0 saturated carbocycles. The molecule has 0 aromatic carbocycles. The van der Waals surface area contributed by atoms with E-state index in [2.05, 4.69) is 22.1 Å². The monoisotopic (exact) mass is 329 g/mol. The van der Waals surface area contributed by atoms with Gasteiger partial charge in [0.05, 0.1) is 0 Å². The third kappa shape index (κ3) is 2.60. The Morgan fingerprint density at radius 3 is 2.83 bits per heavy atom. The summed E-state index contributed by atoms with van der Waals surface area (Å²) in [5.41, 5.74) is 0.118. The Kier molecular flexibility index (Phi) is 3.84. The van der Waals surface area contributed by atoms with E-state index in [-0.39, 0.29) is 29.2 Å². The van der Waals surface area contributed by atoms with Gasteiger partial charge in [-0.2, -0.15) is 0 Å². The summed E-state index contributed by atoms with van der Waals surface area (Å²) < 4.78 is 19.3. The standard InChI is InChI=1S/C18H20FN3O2/c1-11-16(12-6-9-22(11)10-7-12)21-18(23)15-5-4-14(24-15)17-13(19)3-2-8-20-17/h2-5,8,11-12,16H,6-7,9-10H2,1H3,(H,21,23). The van der Waals surface area contributed by atoms with Crippen LogP contribution in [0.2, 0.25) is 0 Å². The highest BCUT2D eigenvalue weighted by molar-refractivity contribution is 5.92. The number of carbonyl (C=O) groups excluding carboxylic acids is 1. The second kappa shape index (κ2) is 6.02. The molecule has 3 saturated heterocycles. The summed E-state index contributed by atoms with van der Waals surface area (Å²) in [5, 5.41) is 3.11. The Labute approximate surface area is 139 Å². The molecule has 2 atom stereocenters. The summed E-state index contributed by atoms with van der Waals surface area (Å²) in [5.74, 6) is 0.267. The molecule has 3 aliphatic heterocycles. The lowest BCUT2D eigenvalue weighted by molar-refractivity contribution is 0.0211. The first-order valence-electron chi connectivity index (χ1n) is 8.39. The number of furan rings is 1. The predicted molar refractivity (Wildman–Crippen MR) is 86.9 cm³/mol. The summed E-state index contributed by atoms with van der Waals surface area (Å²) in [7, 11) is 0. The smallest absolute Gasteiger partial charge is 0.287 e. The Morgan fingerprint density at radius 2 is 2.12 bits per heavy atom. The van der Waals surface area contributed by atoms with Crippen molar-refractivity contribution in [3.63, 3.8) is 0 Å². The van der Waals surface area contributed by atoms with Gasteiger partial charge >= 0.3 is 0 Å². The second-order valence-corrected chi connectivity index (χ2v) is 6.61. The topological polar surface area (TPSA) is 58.4 Å². The molecule has 6 heteroatoms. The van der Waals surface area contributed by atoms with Gasteiger partial charge in [-0.15, -0.1) is 0 Å². The normalized spacial score (nSPS) is 28.8. The molecular formula is C18H20FN3O2. The van der Waals surface area contributed by atoms with Crippen molar-refractivity contribution >= 4 is 5.91 Å². The molecule has 24 heavy (non-hydrogen) atoms. The maximum absolute atomic E-state index is 13.8. The van der Waals surface area contributed by atoms with Crippen LogP contribution in [0.25, 0.3) is 11.5 Å². The number of fused-ring (bicyclic) bond motifs is 3. The van der Waals surface area contributed by atoms with Crippen LogP contribution in [0.4, 0.5) is 4.39 Å². The number of aromatic nitrogens is 1. The average molecular weight is 329 g/mol. The quantitative estimate of drug-likeness (QED) is 0.941. The van der Waals surface area contributed by atoms with Gasteiger partial charge in [-0.3, -0.25) is 9.69 Å². The van der Waals surface area contributed by atoms with E-state index in [1.54, 1.807) is 12.1 Å². The first-order chi connectivity index (χ1) is 11.6. The number of hydrogen-bond donors (Lipinski definition) is 1. The van der Waals surface area contributed by atoms with E-state index in [1.807, 2.05) is 0 Å². The van der Waals surface area contributed by atoms with Gasteiger partial charge in [0.2, 0.25) is 0 Å². The van der Waals surface area contributed by atoms with Gasteiger partial charge in [-0.05, 0) is 63.0 Å². The van der Waals surface area contributed by atoms with E-state index in [0.29, 0.717) is 12.0 Å². The van der Waals surface area contributed by atoms with Crippen LogP contribution in [0.3, 0.4) is 0 Å². The molecule has 1 N–H and O–H groups in total. The van der Waals surface area contributed by atoms with Crippen molar-refractivity contribution in [2.75, 3.05) is 13.1 Å². The molecule has 1 amide bonds. The van der Waals surface area contributed by atoms with Crippen LogP contribution in [0.1, 0.15) is 30.3 Å². The molecule has 2 aromatic rings. The molecule has 126 valence electrons. The number of carbonyl (C=O) groups is 1. The summed E-state index contributed by atoms with van der Waals surface area (Å²) in [6, 6.07) is 6.47. The van der Waals surface area contributed by atoms with Crippen LogP contribution in [0.5, 0.6) is 0 Å². The fourth-order valence-electron chi connectivity index (χ4n) is 3.92. The van der Waals surface area contributed by atoms with Crippen LogP contribution in [-0.4, -0.2) is 41.0 Å². The molecule has 0 radical (unpaired) electrons. The fraction of sp³-hybridized carbons (Fsp3) is 0.444. The lowest BCUT2D eigenvalue weighted by atomic mass is 9.79. The summed E-state index contributed by atoms with van der Waals surface area (Å²) in [6.07, 6.45) is 3.74. The average Bonchev–Trinajstić information content (AvgIpc) is 3.09. The summed E-state index contributed by atoms with van der Waals surface area (Å²) in [6.45, 7) is 4.39. The maximum Gasteiger partial charge on any atom is 0.287 e. The number of piperidine rings is 3. The molecule has 2 unspecified atom stereocenters. The second-order valence-electron chi connectivity index (χ2n) is 6.61. The maximum atomic E-state index is 13.8. The molecule has 0 aliphatic carbocycles. The zero-order valence-corrected chi connectivity index (χ0v) is 13.5. The minimum atomic E-state index is -0.468. The van der Waals surface area contributed by atoms with Crippen molar-refractivity contribution in [1.29, 1.82) is 0 Å². The number of rotatable bonds is 3. The fourth-order valence-corrected chi connectivity index (χ4v) is 3.92. The minimum absolute atomic E-state index is 0.118. The number of hydrogen-bond acceptors (Lipinski definition) is 4. The lowest BCUT2D eigenvalue weighted by Gasteiger charge is -2.49. The van der Waals surface area contributed by atoms with Crippen LogP contribution in [0, 0.1) is 11.7 Å². The Hall–Kier alpha value is -2.21. The zero-order valence-electron chi connectivity index (χ0n) is 13.5. The number of pyridine rings is 1. The van der Waals surface area contributed by atoms with E-state index in [0.717, 1.165) is 25.9 Å². The van der Waals surface area contributed by atoms with Crippen molar-refractivity contribution in [1.82, 2.24) is 15.2 Å². The third-order valence-electron chi connectivity index (χ3n) is 5.30. The van der Waals surface area contributed by atoms with E-state index in [9.17, 15) is 9.18 Å². The molecule has 0 spiro atoms. The highest BCUT2D eigenvalue weighted by Crippen LogP contribution is 2.32. The minimum Gasteiger partial charge on any atom is -0.449 e. The third-order valence-corrected chi connectivity index (χ3v) is 5.30. The van der Waals surface area contributed by atoms with Gasteiger partial charge in [-0.25, -0.2) is 9.37 Å². The zero-order chi connectivity index (χ0) is 16.7. The van der Waals surface area contributed by atoms with Crippen molar-refractivity contribution < 1.29 is 13.6 Å². The Morgan fingerprint density at radius 1 is 1.33 bits per heavy atom. The van der Waals surface area contributed by atoms with Crippen LogP contribution < -0.4 is 5.32 Å². The van der Waals surface area contributed by atoms with E-state index < -0.39 is 5.82 Å². The SMILES string of the molecule is CC1C(NC(=O)c2ccc(-c3ncccc3F)o2)C2CCN1CC2. The van der Waals surface area contributed by atoms with Gasteiger partial charge in [0.15, 0.2) is 17.3 Å². The molecular weight excluding hydrogens is 309 g/mol. The summed E-state index contributed by atoms with van der Waals surface area (Å²) in [4.78, 5) is 18.9. The number of nitrogens with one attached hydrogen (secondary N) is 1. The van der Waals surface area contributed by atoms with Gasteiger partial charge in [-0.1, -0.05) is 0 Å². The van der Waals surface area contributed by atoms with Crippen LogP contribution >= 0.6 is 0 Å². The number of nitrogens with zero attached hydrogens (tertiary/aromatic N) is 2. The van der Waals surface area contributed by atoms with Crippen molar-refractivity contribution in [3.8, 4) is 11.5 Å². The predicted octanol–water partition coefficient (Wildman–Crippen LogP) is 2.69. The number of halogens is 1. The molecule has 3 fully saturated rings. The van der Waals surface area contributed by atoms with E-state index >= 15 is 0 Å². The van der Waals surface area contributed by atoms with Crippen LogP contribution in [-0.2, 0) is 0 Å². The molecule has 2 aromatic heterocycles. The largest absolute Gasteiger partial charge is 0.449 e. The van der Waals surface area contributed by atoms with Gasteiger partial charge < -0.3 is 9.73 Å². The van der Waals surface area contributed by atoms with Crippen molar-refractivity contribution in [2.24, 2.45) is 5.92 Å². The van der Waals surface area contributed by atoms with Crippen molar-refractivity contribution in [2.45, 2.75) is 31.8 Å². The molecule has 5 nitrogen and oxygen atoms in total. The first-order valence-corrected chi connectivity index (χ1v) is 8.39. The number of amides is 1. The van der Waals surface area contributed by atoms with E-state index in [1.165, 1.54) is 18.3 Å². The molecule has 5 heterocycles. The highest BCUT2D eigenvalue weighted by atomic mass is 19.1. The van der Waals surface area contributed by atoms with Gasteiger partial charge in [0.25, 0.3) is 5.91 Å². The van der Waals surface area contributed by atoms with Crippen molar-refractivity contribution in [3.05, 3.63) is 42.0 Å². The first kappa shape index (κ1) is 15.3. The molecule has 3 aliphatic rings. The lowest BCUT2D eigenvalue weighted by Crippen LogP contribution is -2.62. The Bertz CT molecular complexity index is 750. The van der Waals surface area contributed by atoms with Gasteiger partial charge in [0.1, 0.15) is 5.69 Å².